The van der Waals surface area contributed by atoms with E-state index in [0.29, 0.717) is 28.0 Å². The minimum absolute atomic E-state index is 0. The molecule has 2 aliphatic rings. The molecule has 5 nitrogen and oxygen atoms in total. The number of phenols is 2. The number of fused-ring (bicyclic) bond motifs is 6. The highest BCUT2D eigenvalue weighted by Gasteiger charge is 2.28. The van der Waals surface area contributed by atoms with E-state index in [4.69, 9.17) is 24.0 Å². The molecule has 0 atom stereocenters. The van der Waals surface area contributed by atoms with Gasteiger partial charge in [0.1, 0.15) is 23.4 Å². The highest BCUT2D eigenvalue weighted by Crippen LogP contribution is 2.40. The minimum Gasteiger partial charge on any atom is -0.508 e. The number of terminal acetylenes is 3. The van der Waals surface area contributed by atoms with E-state index in [0.717, 1.165) is 27.8 Å². The standard InChI is InChI=1S/C36H10O2.C22H2.C13H8O3.BrH.43H2/c1-3-4-5-6-7-8-9-10-11-12-13-14-15-16-17-18-19-20-21-22-27-38-31-24-26-33-32-25-23-30(2)28-34(32)36(37)35(33)29-31;1-3-5-7-9-11-13-15-17-19-21-22-20-18-16-14-12-10-8-6-4-2;14-7-1-3-9-10-4-2-8(15)6-12(10)13(16)11(9)5-7;;;;;;;;;;;;;;;;;;;;;;;;;;;;;;;;;;;;;;;;;;;;/h1,23-26,28-29H,2H3;1-2H;1-6,14-15H;44*1H. The molecule has 0 aliphatic heterocycles. The number of carbonyl (C=O) groups excluding carboxylic acids is 2. The number of halogens is 1. The van der Waals surface area contributed by atoms with E-state index >= 15 is 0 Å². The van der Waals surface area contributed by atoms with Gasteiger partial charge in [-0.15, -0.1) is 36.3 Å². The van der Waals surface area contributed by atoms with Gasteiger partial charge in [0, 0.05) is 178 Å². The van der Waals surface area contributed by atoms with Gasteiger partial charge < -0.3 is 14.9 Å². The van der Waals surface area contributed by atoms with Crippen molar-refractivity contribution in [1.29, 1.82) is 0 Å². The van der Waals surface area contributed by atoms with Crippen molar-refractivity contribution < 1.29 is 85.9 Å². The molecule has 0 bridgehead atoms. The van der Waals surface area contributed by atoms with Crippen LogP contribution in [0.15, 0.2) is 72.8 Å². The molecule has 2 aliphatic carbocycles. The molecule has 0 saturated heterocycles. The van der Waals surface area contributed by atoms with Crippen LogP contribution in [-0.4, -0.2) is 21.8 Å². The van der Waals surface area contributed by atoms with Crippen LogP contribution in [-0.2, 0) is 0 Å². The summed E-state index contributed by atoms with van der Waals surface area (Å²) < 4.78 is 5.38. The molecule has 0 saturated carbocycles. The molecule has 4 aromatic carbocycles. The first kappa shape index (κ1) is 57.7. The Kier molecular flexibility index (Phi) is 26.0. The molecule has 4 aromatic rings. The number of ketones is 2. The number of aromatic hydroxyl groups is 2. The second-order valence-electron chi connectivity index (χ2n) is 13.1. The predicted molar refractivity (Wildman–Crippen MR) is 395 cm³/mol. The summed E-state index contributed by atoms with van der Waals surface area (Å²) in [6, 6.07) is 20.6. The van der Waals surface area contributed by atoms with Crippen molar-refractivity contribution in [1.82, 2.24) is 0 Å². The van der Waals surface area contributed by atoms with Gasteiger partial charge in [-0.2, -0.15) is 0 Å². The Morgan fingerprint density at radius 3 is 0.883 bits per heavy atom. The summed E-state index contributed by atoms with van der Waals surface area (Å²) in [6.45, 7) is 1.96. The summed E-state index contributed by atoms with van der Waals surface area (Å²) in [4.78, 5) is 24.7. The Hall–Kier alpha value is -13.6. The molecule has 0 aromatic heterocycles. The van der Waals surface area contributed by atoms with Gasteiger partial charge in [-0.1, -0.05) is 17.7 Å². The van der Waals surface area contributed by atoms with Crippen molar-refractivity contribution in [3.8, 4) is 302 Å². The van der Waals surface area contributed by atoms with Crippen molar-refractivity contribution in [2.45, 2.75) is 6.92 Å². The molecule has 428 valence electrons. The number of hydrogen-bond donors (Lipinski definition) is 2. The van der Waals surface area contributed by atoms with E-state index in [1.165, 1.54) is 12.1 Å². The smallest absolute Gasteiger partial charge is 0.194 e. The topological polar surface area (TPSA) is 83.8 Å². The minimum atomic E-state index is -0.156. The summed E-state index contributed by atoms with van der Waals surface area (Å²) >= 11 is 0. The van der Waals surface area contributed by atoms with Gasteiger partial charge in [0.2, 0.25) is 0 Å². The van der Waals surface area contributed by atoms with Gasteiger partial charge in [-0.3, -0.25) is 9.59 Å². The molecule has 0 unspecified atom stereocenters. The number of hydrogen-bond acceptors (Lipinski definition) is 5. The van der Waals surface area contributed by atoms with Crippen molar-refractivity contribution in [2.24, 2.45) is 0 Å². The lowest BCUT2D eigenvalue weighted by molar-refractivity contribution is 0.103. The van der Waals surface area contributed by atoms with E-state index < -0.39 is 0 Å². The zero-order valence-corrected chi connectivity index (χ0v) is 41.4. The third-order valence-electron chi connectivity index (χ3n) is 8.36. The van der Waals surface area contributed by atoms with Gasteiger partial charge in [0.05, 0.1) is 0 Å². The van der Waals surface area contributed by atoms with Crippen LogP contribution >= 0.6 is 17.0 Å². The number of phenolic OH excluding ortho intramolecular Hbond substituents is 2. The van der Waals surface area contributed by atoms with Crippen LogP contribution in [0, 0.1) is 269 Å². The Morgan fingerprint density at radius 1 is 0.325 bits per heavy atom. The zero-order chi connectivity index (χ0) is 54.3. The average molecular weight is 1120 g/mol. The van der Waals surface area contributed by atoms with Crippen molar-refractivity contribution in [3.05, 3.63) is 101 Å². The third kappa shape index (κ3) is 20.9. The van der Waals surface area contributed by atoms with Crippen molar-refractivity contribution >= 4 is 28.5 Å². The lowest BCUT2D eigenvalue weighted by Gasteiger charge is -2.02. The summed E-state index contributed by atoms with van der Waals surface area (Å²) in [7, 11) is 0. The molecule has 2 N–H and O–H groups in total. The summed E-state index contributed by atoms with van der Waals surface area (Å²) in [5, 5.41) is 18.7. The molecule has 0 amide bonds. The molecule has 6 heteroatoms. The number of carbonyl (C=O) groups is 2. The fourth-order valence-electron chi connectivity index (χ4n) is 5.54. The first-order valence-corrected chi connectivity index (χ1v) is 20.8. The average Bonchev–Trinajstić information content (AvgIpc) is 1.63. The Balaban J connectivity index is -0.0000000177. The van der Waals surface area contributed by atoms with Crippen LogP contribution in [0.1, 0.15) is 98.8 Å². The third-order valence-corrected chi connectivity index (χ3v) is 8.36. The Bertz CT molecular complexity index is 4580. The first-order chi connectivity index (χ1) is 37.3. The van der Waals surface area contributed by atoms with Gasteiger partial charge in [-0.05, 0) is 232 Å². The van der Waals surface area contributed by atoms with Gasteiger partial charge in [0.25, 0.3) is 0 Å². The van der Waals surface area contributed by atoms with Gasteiger partial charge in [0.15, 0.2) is 11.6 Å². The number of rotatable bonds is 1. The predicted octanol–water partition coefficient (Wildman–Crippen LogP) is 17.0. The van der Waals surface area contributed by atoms with Crippen LogP contribution in [0.3, 0.4) is 0 Å². The van der Waals surface area contributed by atoms with Crippen LogP contribution < -0.4 is 4.74 Å². The monoisotopic (exact) mass is 1120 g/mol. The highest BCUT2D eigenvalue weighted by molar-refractivity contribution is 8.93. The normalized spacial score (nSPS) is 7.40. The van der Waals surface area contributed by atoms with Crippen molar-refractivity contribution in [2.75, 3.05) is 0 Å². The van der Waals surface area contributed by atoms with Crippen LogP contribution in [0.5, 0.6) is 17.2 Å². The molecule has 0 fully saturated rings. The lowest BCUT2D eigenvalue weighted by atomic mass is 10.0. The fourth-order valence-corrected chi connectivity index (χ4v) is 5.54. The van der Waals surface area contributed by atoms with E-state index in [1.54, 1.807) is 36.4 Å². The lowest BCUT2D eigenvalue weighted by Crippen LogP contribution is -1.96. The molecule has 6 rings (SSSR count). The number of ether oxygens (including phenoxy) is 1. The summed E-state index contributed by atoms with van der Waals surface area (Å²) in [6.07, 6.45) is 17.2. The quantitative estimate of drug-likeness (QED) is 0.160. The second kappa shape index (κ2) is 34.7. The highest BCUT2D eigenvalue weighted by atomic mass is 79.9. The van der Waals surface area contributed by atoms with E-state index in [1.807, 2.05) is 31.2 Å². The maximum Gasteiger partial charge on any atom is 0.194 e. The Labute approximate surface area is 523 Å². The molecular formula is C71H107BrO5. The SMILES string of the molecule is Br.C#CC#CC#CC#CC#CC#CC#CC#CC#CC#CC#C.C#CC#CC#CC#CC#CC#CC#CC#CC#CC#CC#COc1ccc2c(c1)C(=O)c1cc(C)ccc1-2.O=C1c2cc(O)ccc2-c2ccc(O)cc21.[HH].[HH].[HH].[HH].[HH].[HH].[HH].[HH].[HH].[HH].[HH].[HH].[HH].[HH].[HH].[HH].[HH].[HH].[HH].[HH].[HH].[HH].[HH].[HH].[HH].[HH].[HH].[HH].[HH].[HH].[HH].[HH].[HH].[HH].[HH].[HH].[HH].[HH].[HH].[HH].[HH].[HH].[HH]. The second-order valence-corrected chi connectivity index (χ2v) is 13.1. The fraction of sp³-hybridized carbons (Fsp3) is 0.0141. The Morgan fingerprint density at radius 2 is 0.571 bits per heavy atom. The largest absolute Gasteiger partial charge is 0.508 e. The van der Waals surface area contributed by atoms with Crippen LogP contribution in [0.25, 0.3) is 22.3 Å². The molecule has 0 radical (unpaired) electrons. The summed E-state index contributed by atoms with van der Waals surface area (Å²) in [5.41, 5.74) is 6.75. The maximum atomic E-state index is 12.7. The maximum absolute atomic E-state index is 12.7. The molecule has 0 heterocycles. The van der Waals surface area contributed by atoms with E-state index in [9.17, 15) is 19.8 Å². The number of benzene rings is 4. The van der Waals surface area contributed by atoms with E-state index in [2.05, 4.69) is 243 Å². The van der Waals surface area contributed by atoms with Gasteiger partial charge >= 0.3 is 0 Å². The number of aryl methyl sites for hydroxylation is 1. The van der Waals surface area contributed by atoms with E-state index in [-0.39, 0.29) is 101 Å². The molecular weight excluding hydrogens is 1010 g/mol. The van der Waals surface area contributed by atoms with Crippen LogP contribution in [0.4, 0.5) is 0 Å². The zero-order valence-electron chi connectivity index (χ0n) is 39.7. The summed E-state index contributed by atoms with van der Waals surface area (Å²) in [5.74, 6) is 98.1. The van der Waals surface area contributed by atoms with Crippen LogP contribution in [0.2, 0.25) is 0 Å². The molecule has 77 heavy (non-hydrogen) atoms. The van der Waals surface area contributed by atoms with Crippen molar-refractivity contribution in [3.63, 3.8) is 0 Å². The molecule has 0 spiro atoms. The van der Waals surface area contributed by atoms with Gasteiger partial charge in [-0.25, -0.2) is 0 Å². The first-order valence-electron chi connectivity index (χ1n) is 20.8.